The minimum Gasteiger partial charge on any atom is -0.348 e. The third kappa shape index (κ3) is 3.95. The number of fused-ring (bicyclic) bond motifs is 1. The molecular weight excluding hydrogens is 368 g/mol. The predicted molar refractivity (Wildman–Crippen MR) is 105 cm³/mol. The van der Waals surface area contributed by atoms with Crippen molar-refractivity contribution in [1.82, 2.24) is 9.62 Å². The van der Waals surface area contributed by atoms with Gasteiger partial charge in [0, 0.05) is 7.05 Å². The molecule has 1 unspecified atom stereocenters. The second kappa shape index (κ2) is 7.57. The Hall–Kier alpha value is -2.22. The maximum Gasteiger partial charge on any atom is 0.252 e. The number of thiophene rings is 1. The van der Waals surface area contributed by atoms with E-state index >= 15 is 0 Å². The monoisotopic (exact) mass is 388 g/mol. The van der Waals surface area contributed by atoms with Crippen LogP contribution in [0.2, 0.25) is 0 Å². The minimum atomic E-state index is -3.63. The Balaban J connectivity index is 1.67. The van der Waals surface area contributed by atoms with Crippen LogP contribution in [0.1, 0.15) is 18.5 Å². The summed E-state index contributed by atoms with van der Waals surface area (Å²) in [6.07, 6.45) is 0. The number of carbonyl (C=O) groups excluding carboxylic acids is 1. The van der Waals surface area contributed by atoms with Crippen LogP contribution >= 0.6 is 11.3 Å². The molecule has 5 nitrogen and oxygen atoms in total. The summed E-state index contributed by atoms with van der Waals surface area (Å²) in [5, 5.41) is 6.80. The van der Waals surface area contributed by atoms with Gasteiger partial charge in [-0.3, -0.25) is 4.79 Å². The van der Waals surface area contributed by atoms with Crippen molar-refractivity contribution in [3.63, 3.8) is 0 Å². The van der Waals surface area contributed by atoms with E-state index in [1.807, 2.05) is 49.4 Å². The average Bonchev–Trinajstić information content (AvgIpc) is 3.16. The van der Waals surface area contributed by atoms with Crippen LogP contribution in [0, 0.1) is 0 Å². The molecule has 1 heterocycles. The lowest BCUT2D eigenvalue weighted by atomic mass is 10.0. The van der Waals surface area contributed by atoms with Gasteiger partial charge in [0.05, 0.1) is 12.6 Å². The highest BCUT2D eigenvalue weighted by atomic mass is 32.2. The molecule has 0 fully saturated rings. The maximum absolute atomic E-state index is 12.4. The van der Waals surface area contributed by atoms with Crippen LogP contribution in [0.15, 0.2) is 64.2 Å². The normalized spacial score (nSPS) is 13.0. The first kappa shape index (κ1) is 18.6. The number of sulfonamides is 1. The lowest BCUT2D eigenvalue weighted by molar-refractivity contribution is -0.121. The molecule has 0 saturated carbocycles. The molecule has 3 aromatic rings. The lowest BCUT2D eigenvalue weighted by Crippen LogP contribution is -2.39. The molecule has 1 atom stereocenters. The number of hydrogen-bond acceptors (Lipinski definition) is 4. The van der Waals surface area contributed by atoms with Gasteiger partial charge in [-0.2, -0.15) is 4.31 Å². The van der Waals surface area contributed by atoms with Gasteiger partial charge in [0.25, 0.3) is 10.0 Å². The van der Waals surface area contributed by atoms with Crippen molar-refractivity contribution in [2.45, 2.75) is 17.2 Å². The largest absolute Gasteiger partial charge is 0.348 e. The molecule has 0 spiro atoms. The fraction of sp³-hybridized carbons (Fsp3) is 0.211. The molecule has 7 heteroatoms. The van der Waals surface area contributed by atoms with Crippen molar-refractivity contribution >= 4 is 38.0 Å². The Morgan fingerprint density at radius 1 is 1.12 bits per heavy atom. The second-order valence-electron chi connectivity index (χ2n) is 6.09. The predicted octanol–water partition coefficient (Wildman–Crippen LogP) is 3.40. The highest BCUT2D eigenvalue weighted by Crippen LogP contribution is 2.21. The first-order chi connectivity index (χ1) is 12.4. The summed E-state index contributed by atoms with van der Waals surface area (Å²) < 4.78 is 26.1. The Bertz CT molecular complexity index is 1010. The molecule has 0 saturated heterocycles. The van der Waals surface area contributed by atoms with Crippen molar-refractivity contribution in [2.75, 3.05) is 13.6 Å². The Labute approximate surface area is 157 Å². The van der Waals surface area contributed by atoms with E-state index in [1.54, 1.807) is 11.4 Å². The molecule has 0 bridgehead atoms. The van der Waals surface area contributed by atoms with Gasteiger partial charge in [0.15, 0.2) is 0 Å². The van der Waals surface area contributed by atoms with Gasteiger partial charge >= 0.3 is 0 Å². The van der Waals surface area contributed by atoms with Crippen molar-refractivity contribution in [2.24, 2.45) is 0 Å². The topological polar surface area (TPSA) is 66.5 Å². The number of likely N-dealkylation sites (N-methyl/N-ethyl adjacent to an activating group) is 1. The standard InChI is InChI=1S/C19H20N2O3S2/c1-14(16-10-9-15-6-3-4-7-17(15)12-16)20-18(22)13-21(2)26(23,24)19-8-5-11-25-19/h3-12,14H,13H2,1-2H3,(H,20,22). The summed E-state index contributed by atoms with van der Waals surface area (Å²) in [5.41, 5.74) is 0.973. The summed E-state index contributed by atoms with van der Waals surface area (Å²) >= 11 is 1.14. The molecule has 1 amide bonds. The summed E-state index contributed by atoms with van der Waals surface area (Å²) in [7, 11) is -2.22. The maximum atomic E-state index is 12.4. The molecule has 1 N–H and O–H groups in total. The molecule has 26 heavy (non-hydrogen) atoms. The van der Waals surface area contributed by atoms with E-state index in [4.69, 9.17) is 0 Å². The van der Waals surface area contributed by atoms with E-state index in [-0.39, 0.29) is 22.7 Å². The number of benzene rings is 2. The zero-order valence-corrected chi connectivity index (χ0v) is 16.2. The fourth-order valence-corrected chi connectivity index (χ4v) is 5.03. The van der Waals surface area contributed by atoms with Crippen LogP contribution in [-0.4, -0.2) is 32.2 Å². The molecule has 0 aliphatic heterocycles. The fourth-order valence-electron chi connectivity index (χ4n) is 2.70. The molecule has 2 aromatic carbocycles. The van der Waals surface area contributed by atoms with Gasteiger partial charge in [0.1, 0.15) is 4.21 Å². The molecule has 1 aromatic heterocycles. The summed E-state index contributed by atoms with van der Waals surface area (Å²) in [6.45, 7) is 1.66. The number of amides is 1. The zero-order chi connectivity index (χ0) is 18.7. The first-order valence-electron chi connectivity index (χ1n) is 8.16. The molecule has 0 aliphatic rings. The second-order valence-corrected chi connectivity index (χ2v) is 9.31. The summed E-state index contributed by atoms with van der Waals surface area (Å²) in [4.78, 5) is 12.3. The molecule has 3 rings (SSSR count). The van der Waals surface area contributed by atoms with Crippen molar-refractivity contribution in [3.05, 3.63) is 65.5 Å². The van der Waals surface area contributed by atoms with Gasteiger partial charge in [0.2, 0.25) is 5.91 Å². The first-order valence-corrected chi connectivity index (χ1v) is 10.5. The number of nitrogens with one attached hydrogen (secondary N) is 1. The van der Waals surface area contributed by atoms with E-state index in [0.717, 1.165) is 32.0 Å². The van der Waals surface area contributed by atoms with E-state index in [1.165, 1.54) is 13.1 Å². The summed E-state index contributed by atoms with van der Waals surface area (Å²) in [5.74, 6) is -0.340. The van der Waals surface area contributed by atoms with E-state index in [2.05, 4.69) is 5.32 Å². The number of nitrogens with zero attached hydrogens (tertiary/aromatic N) is 1. The summed E-state index contributed by atoms with van der Waals surface area (Å²) in [6, 6.07) is 17.0. The Kier molecular flexibility index (Phi) is 5.41. The van der Waals surface area contributed by atoms with Gasteiger partial charge in [-0.25, -0.2) is 8.42 Å². The van der Waals surface area contributed by atoms with Crippen LogP contribution < -0.4 is 5.32 Å². The van der Waals surface area contributed by atoms with E-state index in [9.17, 15) is 13.2 Å². The third-order valence-electron chi connectivity index (χ3n) is 4.18. The van der Waals surface area contributed by atoms with E-state index < -0.39 is 10.0 Å². The van der Waals surface area contributed by atoms with Gasteiger partial charge in [-0.1, -0.05) is 42.5 Å². The number of hydrogen-bond donors (Lipinski definition) is 1. The SMILES string of the molecule is CC(NC(=O)CN(C)S(=O)(=O)c1cccs1)c1ccc2ccccc2c1. The smallest absolute Gasteiger partial charge is 0.252 e. The zero-order valence-electron chi connectivity index (χ0n) is 14.5. The molecule has 0 radical (unpaired) electrons. The van der Waals surface area contributed by atoms with Crippen LogP contribution in [-0.2, 0) is 14.8 Å². The lowest BCUT2D eigenvalue weighted by Gasteiger charge is -2.19. The quantitative estimate of drug-likeness (QED) is 0.704. The van der Waals surface area contributed by atoms with Crippen molar-refractivity contribution in [3.8, 4) is 0 Å². The van der Waals surface area contributed by atoms with Gasteiger partial charge in [-0.05, 0) is 40.8 Å². The van der Waals surface area contributed by atoms with Crippen LogP contribution in [0.4, 0.5) is 0 Å². The van der Waals surface area contributed by atoms with Crippen LogP contribution in [0.25, 0.3) is 10.8 Å². The molecular formula is C19H20N2O3S2. The molecule has 136 valence electrons. The van der Waals surface area contributed by atoms with Gasteiger partial charge < -0.3 is 5.32 Å². The van der Waals surface area contributed by atoms with Crippen LogP contribution in [0.3, 0.4) is 0 Å². The minimum absolute atomic E-state index is 0.218. The third-order valence-corrected chi connectivity index (χ3v) is 7.35. The highest BCUT2D eigenvalue weighted by Gasteiger charge is 2.24. The van der Waals surface area contributed by atoms with Crippen molar-refractivity contribution in [1.29, 1.82) is 0 Å². The molecule has 0 aliphatic carbocycles. The highest BCUT2D eigenvalue weighted by molar-refractivity contribution is 7.91. The Morgan fingerprint density at radius 3 is 2.54 bits per heavy atom. The average molecular weight is 389 g/mol. The van der Waals surface area contributed by atoms with Gasteiger partial charge in [-0.15, -0.1) is 11.3 Å². The Morgan fingerprint density at radius 2 is 1.85 bits per heavy atom. The van der Waals surface area contributed by atoms with E-state index in [0.29, 0.717) is 0 Å². The van der Waals surface area contributed by atoms with Crippen LogP contribution in [0.5, 0.6) is 0 Å². The number of rotatable bonds is 6. The number of carbonyl (C=O) groups is 1. The van der Waals surface area contributed by atoms with Crippen molar-refractivity contribution < 1.29 is 13.2 Å².